The molecule has 0 fully saturated rings. The van der Waals surface area contributed by atoms with Gasteiger partial charge in [0.2, 0.25) is 0 Å². The van der Waals surface area contributed by atoms with Crippen molar-refractivity contribution in [3.05, 3.63) is 28.5 Å². The summed E-state index contributed by atoms with van der Waals surface area (Å²) in [6.07, 6.45) is -2.57. The van der Waals surface area contributed by atoms with Gasteiger partial charge in [0.25, 0.3) is 0 Å². The van der Waals surface area contributed by atoms with Crippen LogP contribution in [0.15, 0.2) is 12.3 Å². The Hall–Kier alpha value is -0.810. The fourth-order valence-electron chi connectivity index (χ4n) is 2.48. The third-order valence-corrected chi connectivity index (χ3v) is 3.79. The first kappa shape index (κ1) is 18.2. The second-order valence-electron chi connectivity index (χ2n) is 5.60. The monoisotopic (exact) mass is 322 g/mol. The lowest BCUT2D eigenvalue weighted by molar-refractivity contribution is -0.137. The molecular weight excluding hydrogens is 301 g/mol. The molecule has 0 aromatic carbocycles. The van der Waals surface area contributed by atoms with Gasteiger partial charge in [-0.15, -0.1) is 0 Å². The molecule has 1 rings (SSSR count). The highest BCUT2D eigenvalue weighted by Gasteiger charge is 2.33. The van der Waals surface area contributed by atoms with E-state index in [1.54, 1.807) is 0 Å². The van der Waals surface area contributed by atoms with Gasteiger partial charge in [0.05, 0.1) is 16.3 Å². The van der Waals surface area contributed by atoms with Crippen LogP contribution in [0, 0.1) is 5.92 Å². The predicted octanol–water partition coefficient (Wildman–Crippen LogP) is 4.88. The Kier molecular flexibility index (Phi) is 6.47. The van der Waals surface area contributed by atoms with E-state index in [9.17, 15) is 13.2 Å². The van der Waals surface area contributed by atoms with Crippen LogP contribution in [0.5, 0.6) is 0 Å². The second kappa shape index (κ2) is 7.45. The summed E-state index contributed by atoms with van der Waals surface area (Å²) in [5.41, 5.74) is -0.288. The molecule has 0 saturated heterocycles. The maximum Gasteiger partial charge on any atom is 0.417 e. The largest absolute Gasteiger partial charge is 0.417 e. The Bertz CT molecular complexity index is 461. The summed E-state index contributed by atoms with van der Waals surface area (Å²) in [6, 6.07) is 1.05. The van der Waals surface area contributed by atoms with Crippen molar-refractivity contribution in [3.8, 4) is 0 Å². The topological polar surface area (TPSA) is 24.9 Å². The molecule has 1 heterocycles. The Morgan fingerprint density at radius 3 is 2.33 bits per heavy atom. The second-order valence-corrected chi connectivity index (χ2v) is 6.01. The summed E-state index contributed by atoms with van der Waals surface area (Å²) in [5.74, 6) is 0.178. The van der Waals surface area contributed by atoms with Crippen LogP contribution in [-0.2, 0) is 6.18 Å². The van der Waals surface area contributed by atoms with Gasteiger partial charge in [-0.25, -0.2) is 0 Å². The van der Waals surface area contributed by atoms with E-state index < -0.39 is 11.7 Å². The SMILES string of the molecule is CCCNC(C)C(c1ncc(C(F)(F)F)cc1Cl)C(C)C. The Labute approximate surface area is 129 Å². The molecule has 0 aliphatic rings. The zero-order valence-corrected chi connectivity index (χ0v) is 13.5. The van der Waals surface area contributed by atoms with Gasteiger partial charge in [0, 0.05) is 18.2 Å². The number of rotatable bonds is 6. The van der Waals surface area contributed by atoms with E-state index in [4.69, 9.17) is 11.6 Å². The van der Waals surface area contributed by atoms with E-state index in [0.717, 1.165) is 25.2 Å². The molecule has 1 aromatic heterocycles. The third-order valence-electron chi connectivity index (χ3n) is 3.49. The molecule has 2 unspecified atom stereocenters. The van der Waals surface area contributed by atoms with Gasteiger partial charge in [-0.05, 0) is 31.9 Å². The first-order valence-corrected chi connectivity index (χ1v) is 7.52. The highest BCUT2D eigenvalue weighted by molar-refractivity contribution is 6.31. The van der Waals surface area contributed by atoms with Gasteiger partial charge in [-0.1, -0.05) is 32.4 Å². The summed E-state index contributed by atoms with van der Waals surface area (Å²) >= 11 is 6.06. The number of hydrogen-bond acceptors (Lipinski definition) is 2. The van der Waals surface area contributed by atoms with Gasteiger partial charge >= 0.3 is 6.18 Å². The van der Waals surface area contributed by atoms with Crippen LogP contribution in [0.3, 0.4) is 0 Å². The van der Waals surface area contributed by atoms with Crippen LogP contribution in [0.4, 0.5) is 13.2 Å². The smallest absolute Gasteiger partial charge is 0.314 e. The Morgan fingerprint density at radius 1 is 1.29 bits per heavy atom. The fourth-order valence-corrected chi connectivity index (χ4v) is 2.77. The van der Waals surface area contributed by atoms with Gasteiger partial charge < -0.3 is 5.32 Å². The molecule has 0 aliphatic heterocycles. The minimum Gasteiger partial charge on any atom is -0.314 e. The van der Waals surface area contributed by atoms with Crippen molar-refractivity contribution >= 4 is 11.6 Å². The minimum atomic E-state index is -4.42. The van der Waals surface area contributed by atoms with Crippen molar-refractivity contribution < 1.29 is 13.2 Å². The molecule has 1 N–H and O–H groups in total. The Balaban J connectivity index is 3.09. The summed E-state index contributed by atoms with van der Waals surface area (Å²) < 4.78 is 38.0. The van der Waals surface area contributed by atoms with Gasteiger partial charge in [-0.3, -0.25) is 4.98 Å². The van der Waals surface area contributed by atoms with Crippen molar-refractivity contribution in [1.82, 2.24) is 10.3 Å². The van der Waals surface area contributed by atoms with Crippen LogP contribution in [0.1, 0.15) is 51.3 Å². The van der Waals surface area contributed by atoms with E-state index in [0.29, 0.717) is 5.69 Å². The molecule has 0 saturated carbocycles. The molecule has 0 aliphatic carbocycles. The first-order valence-electron chi connectivity index (χ1n) is 7.14. The average Bonchev–Trinajstić information content (AvgIpc) is 2.36. The van der Waals surface area contributed by atoms with E-state index in [2.05, 4.69) is 17.2 Å². The highest BCUT2D eigenvalue weighted by Crippen LogP contribution is 2.35. The van der Waals surface area contributed by atoms with Gasteiger partial charge in [-0.2, -0.15) is 13.2 Å². The first-order chi connectivity index (χ1) is 9.68. The van der Waals surface area contributed by atoms with Crippen LogP contribution in [-0.4, -0.2) is 17.6 Å². The molecule has 21 heavy (non-hydrogen) atoms. The highest BCUT2D eigenvalue weighted by atomic mass is 35.5. The summed E-state index contributed by atoms with van der Waals surface area (Å²) in [5, 5.41) is 3.44. The number of aromatic nitrogens is 1. The quantitative estimate of drug-likeness (QED) is 0.807. The third kappa shape index (κ3) is 4.85. The van der Waals surface area contributed by atoms with E-state index >= 15 is 0 Å². The molecule has 0 radical (unpaired) electrons. The average molecular weight is 323 g/mol. The van der Waals surface area contributed by atoms with Crippen LogP contribution < -0.4 is 5.32 Å². The molecular formula is C15H22ClF3N2. The lowest BCUT2D eigenvalue weighted by atomic mass is 9.85. The minimum absolute atomic E-state index is 0.0358. The number of halogens is 4. The maximum atomic E-state index is 12.7. The van der Waals surface area contributed by atoms with Crippen LogP contribution in [0.2, 0.25) is 5.02 Å². The summed E-state index contributed by atoms with van der Waals surface area (Å²) in [7, 11) is 0. The van der Waals surface area contributed by atoms with E-state index in [-0.39, 0.29) is 22.9 Å². The van der Waals surface area contributed by atoms with Crippen LogP contribution >= 0.6 is 11.6 Å². The number of nitrogens with one attached hydrogen (secondary N) is 1. The number of pyridine rings is 1. The number of nitrogens with zero attached hydrogens (tertiary/aromatic N) is 1. The normalized spacial score (nSPS) is 15.3. The molecule has 2 atom stereocenters. The van der Waals surface area contributed by atoms with Crippen molar-refractivity contribution in [2.75, 3.05) is 6.54 Å². The zero-order valence-electron chi connectivity index (χ0n) is 12.8. The molecule has 1 aromatic rings. The maximum absolute atomic E-state index is 12.7. The van der Waals surface area contributed by atoms with Gasteiger partial charge in [0.15, 0.2) is 0 Å². The van der Waals surface area contributed by atoms with E-state index in [1.807, 2.05) is 20.8 Å². The van der Waals surface area contributed by atoms with Crippen molar-refractivity contribution in [2.24, 2.45) is 5.92 Å². The number of alkyl halides is 3. The summed E-state index contributed by atoms with van der Waals surface area (Å²) in [6.45, 7) is 8.96. The molecule has 0 bridgehead atoms. The predicted molar refractivity (Wildman–Crippen MR) is 79.6 cm³/mol. The summed E-state index contributed by atoms with van der Waals surface area (Å²) in [4.78, 5) is 4.00. The molecule has 0 spiro atoms. The lowest BCUT2D eigenvalue weighted by Gasteiger charge is -2.29. The zero-order chi connectivity index (χ0) is 16.2. The van der Waals surface area contributed by atoms with E-state index in [1.165, 1.54) is 0 Å². The lowest BCUT2D eigenvalue weighted by Crippen LogP contribution is -2.35. The van der Waals surface area contributed by atoms with Crippen molar-refractivity contribution in [2.45, 2.75) is 52.3 Å². The molecule has 2 nitrogen and oxygen atoms in total. The standard InChI is InChI=1S/C15H22ClF3N2/c1-5-6-20-10(4)13(9(2)3)14-12(16)7-11(8-21-14)15(17,18)19/h7-10,13,20H,5-6H2,1-4H3. The van der Waals surface area contributed by atoms with Crippen molar-refractivity contribution in [3.63, 3.8) is 0 Å². The van der Waals surface area contributed by atoms with Crippen LogP contribution in [0.25, 0.3) is 0 Å². The van der Waals surface area contributed by atoms with Crippen molar-refractivity contribution in [1.29, 1.82) is 0 Å². The van der Waals surface area contributed by atoms with Gasteiger partial charge in [0.1, 0.15) is 0 Å². The Morgan fingerprint density at radius 2 is 1.90 bits per heavy atom. The molecule has 6 heteroatoms. The molecule has 0 amide bonds. The number of hydrogen-bond donors (Lipinski definition) is 1. The molecule has 120 valence electrons. The fraction of sp³-hybridized carbons (Fsp3) is 0.667.